The fourth-order valence-corrected chi connectivity index (χ4v) is 2.67. The predicted octanol–water partition coefficient (Wildman–Crippen LogP) is 3.69. The first-order valence-corrected chi connectivity index (χ1v) is 9.82. The third-order valence-electron chi connectivity index (χ3n) is 4.33. The van der Waals surface area contributed by atoms with Crippen LogP contribution in [0.2, 0.25) is 0 Å². The zero-order chi connectivity index (χ0) is 19.5. The predicted molar refractivity (Wildman–Crippen MR) is 103 cm³/mol. The molecule has 0 bridgehead atoms. The zero-order valence-electron chi connectivity index (χ0n) is 17.2. The lowest BCUT2D eigenvalue weighted by atomic mass is 9.98. The average molecular weight is 357 g/mol. The Hall–Kier alpha value is -1.10. The fraction of sp³-hybridized carbons (Fsp3) is 0.900. The number of amides is 2. The maximum Gasteiger partial charge on any atom is 0.245 e. The van der Waals surface area contributed by atoms with E-state index in [-0.39, 0.29) is 17.9 Å². The number of rotatable bonds is 13. The lowest BCUT2D eigenvalue weighted by Crippen LogP contribution is -2.56. The quantitative estimate of drug-likeness (QED) is 0.440. The summed E-state index contributed by atoms with van der Waals surface area (Å²) in [5, 5.41) is 15.5. The topological polar surface area (TPSA) is 78.4 Å². The molecule has 0 aliphatic rings. The minimum atomic E-state index is -0.912. The normalized spacial score (nSPS) is 13.4. The zero-order valence-corrected chi connectivity index (χ0v) is 17.2. The van der Waals surface area contributed by atoms with Crippen molar-refractivity contribution in [1.29, 1.82) is 0 Å². The highest BCUT2D eigenvalue weighted by atomic mass is 16.3. The van der Waals surface area contributed by atoms with Gasteiger partial charge in [-0.15, -0.1) is 0 Å². The van der Waals surface area contributed by atoms with E-state index in [9.17, 15) is 14.7 Å². The highest BCUT2D eigenvalue weighted by molar-refractivity contribution is 5.90. The van der Waals surface area contributed by atoms with E-state index in [0.29, 0.717) is 12.8 Å². The summed E-state index contributed by atoms with van der Waals surface area (Å²) in [6.45, 7) is 11.2. The first-order chi connectivity index (χ1) is 11.5. The van der Waals surface area contributed by atoms with Crippen molar-refractivity contribution in [3.05, 3.63) is 0 Å². The number of hydrogen-bond donors (Lipinski definition) is 3. The molecule has 0 fully saturated rings. The minimum absolute atomic E-state index is 0.0140. The first-order valence-electron chi connectivity index (χ1n) is 9.82. The number of unbranched alkanes of at least 4 members (excludes halogenated alkanes) is 4. The molecule has 0 aliphatic carbocycles. The van der Waals surface area contributed by atoms with E-state index >= 15 is 0 Å². The second-order valence-electron chi connectivity index (χ2n) is 8.42. The monoisotopic (exact) mass is 356 g/mol. The summed E-state index contributed by atoms with van der Waals surface area (Å²) in [7, 11) is 0. The largest absolute Gasteiger partial charge is 0.390 e. The molecule has 148 valence electrons. The lowest BCUT2D eigenvalue weighted by Gasteiger charge is -2.27. The molecule has 0 aromatic carbocycles. The maximum absolute atomic E-state index is 12.4. The maximum atomic E-state index is 12.4. The molecule has 5 nitrogen and oxygen atoms in total. The van der Waals surface area contributed by atoms with Gasteiger partial charge in [-0.05, 0) is 60.3 Å². The van der Waals surface area contributed by atoms with Crippen molar-refractivity contribution in [1.82, 2.24) is 10.6 Å². The second-order valence-corrected chi connectivity index (χ2v) is 8.42. The van der Waals surface area contributed by atoms with Crippen LogP contribution in [0.5, 0.6) is 0 Å². The Bertz CT molecular complexity index is 400. The first kappa shape index (κ1) is 23.9. The average Bonchev–Trinajstić information content (AvgIpc) is 2.45. The van der Waals surface area contributed by atoms with Crippen LogP contribution in [0.4, 0.5) is 0 Å². The molecular weight excluding hydrogens is 316 g/mol. The molecule has 0 saturated heterocycles. The molecular formula is C20H40N2O3. The third kappa shape index (κ3) is 12.9. The van der Waals surface area contributed by atoms with Crippen LogP contribution in [0.3, 0.4) is 0 Å². The summed E-state index contributed by atoms with van der Waals surface area (Å²) in [4.78, 5) is 24.5. The molecule has 25 heavy (non-hydrogen) atoms. The molecule has 0 radical (unpaired) electrons. The van der Waals surface area contributed by atoms with Gasteiger partial charge in [-0.3, -0.25) is 9.59 Å². The van der Waals surface area contributed by atoms with Crippen molar-refractivity contribution < 1.29 is 14.7 Å². The number of hydrogen-bond acceptors (Lipinski definition) is 3. The molecule has 0 spiro atoms. The molecule has 2 amide bonds. The van der Waals surface area contributed by atoms with Gasteiger partial charge < -0.3 is 15.7 Å². The van der Waals surface area contributed by atoms with Gasteiger partial charge in [0.25, 0.3) is 0 Å². The fourth-order valence-electron chi connectivity index (χ4n) is 2.67. The van der Waals surface area contributed by atoms with Crippen LogP contribution >= 0.6 is 0 Å². The Morgan fingerprint density at radius 1 is 1.00 bits per heavy atom. The van der Waals surface area contributed by atoms with Gasteiger partial charge in [0.05, 0.1) is 5.60 Å². The molecule has 5 heteroatoms. The number of nitrogens with one attached hydrogen (secondary N) is 2. The summed E-state index contributed by atoms with van der Waals surface area (Å²) in [5.74, 6) is -0.228. The molecule has 1 atom stereocenters. The SMILES string of the molecule is CCCCCCCC(=O)NC(C)(C)C(=O)N[C@H](C)CCCC(C)(C)O. The van der Waals surface area contributed by atoms with E-state index in [0.717, 1.165) is 32.1 Å². The minimum Gasteiger partial charge on any atom is -0.390 e. The van der Waals surface area contributed by atoms with Gasteiger partial charge in [-0.25, -0.2) is 0 Å². The standard InChI is InChI=1S/C20H40N2O3/c1-7-8-9-10-11-14-17(23)22-20(5,6)18(24)21-16(2)13-12-15-19(3,4)25/h16,25H,7-15H2,1-6H3,(H,21,24)(H,22,23)/t16-/m1/s1. The van der Waals surface area contributed by atoms with Crippen LogP contribution in [-0.4, -0.2) is 34.1 Å². The molecule has 3 N–H and O–H groups in total. The second kappa shape index (κ2) is 11.5. The van der Waals surface area contributed by atoms with Gasteiger partial charge in [0.15, 0.2) is 0 Å². The van der Waals surface area contributed by atoms with E-state index in [1.54, 1.807) is 27.7 Å². The van der Waals surface area contributed by atoms with Crippen molar-refractivity contribution >= 4 is 11.8 Å². The molecule has 0 saturated carbocycles. The van der Waals surface area contributed by atoms with E-state index in [4.69, 9.17) is 0 Å². The molecule has 0 rings (SSSR count). The van der Waals surface area contributed by atoms with Gasteiger partial charge in [0.1, 0.15) is 5.54 Å². The highest BCUT2D eigenvalue weighted by Crippen LogP contribution is 2.14. The van der Waals surface area contributed by atoms with Crippen molar-refractivity contribution in [3.63, 3.8) is 0 Å². The van der Waals surface area contributed by atoms with Crippen molar-refractivity contribution in [2.45, 2.75) is 117 Å². The van der Waals surface area contributed by atoms with E-state index < -0.39 is 11.1 Å². The van der Waals surface area contributed by atoms with Crippen LogP contribution < -0.4 is 10.6 Å². The summed E-state index contributed by atoms with van der Waals surface area (Å²) >= 11 is 0. The van der Waals surface area contributed by atoms with Gasteiger partial charge >= 0.3 is 0 Å². The van der Waals surface area contributed by atoms with Crippen LogP contribution in [0.25, 0.3) is 0 Å². The van der Waals surface area contributed by atoms with Crippen LogP contribution in [-0.2, 0) is 9.59 Å². The summed E-state index contributed by atoms with van der Waals surface area (Å²) in [5.41, 5.74) is -1.58. The van der Waals surface area contributed by atoms with Crippen LogP contribution in [0, 0.1) is 0 Å². The van der Waals surface area contributed by atoms with Gasteiger partial charge in [0.2, 0.25) is 11.8 Å². The van der Waals surface area contributed by atoms with E-state index in [1.165, 1.54) is 12.8 Å². The van der Waals surface area contributed by atoms with Gasteiger partial charge in [-0.2, -0.15) is 0 Å². The number of carbonyl (C=O) groups is 2. The third-order valence-corrected chi connectivity index (χ3v) is 4.33. The smallest absolute Gasteiger partial charge is 0.245 e. The molecule has 0 aromatic heterocycles. The van der Waals surface area contributed by atoms with Crippen LogP contribution in [0.15, 0.2) is 0 Å². The Kier molecular flexibility index (Phi) is 11.0. The Morgan fingerprint density at radius 2 is 1.60 bits per heavy atom. The van der Waals surface area contributed by atoms with E-state index in [1.807, 2.05) is 6.92 Å². The Morgan fingerprint density at radius 3 is 2.16 bits per heavy atom. The lowest BCUT2D eigenvalue weighted by molar-refractivity contribution is -0.132. The molecule has 0 unspecified atom stereocenters. The van der Waals surface area contributed by atoms with Gasteiger partial charge in [-0.1, -0.05) is 32.6 Å². The molecule has 0 aromatic rings. The Labute approximate surface area is 154 Å². The number of aliphatic hydroxyl groups is 1. The molecule has 0 aliphatic heterocycles. The van der Waals surface area contributed by atoms with Crippen molar-refractivity contribution in [2.75, 3.05) is 0 Å². The summed E-state index contributed by atoms with van der Waals surface area (Å²) in [6.07, 6.45) is 8.31. The van der Waals surface area contributed by atoms with Crippen molar-refractivity contribution in [2.24, 2.45) is 0 Å². The highest BCUT2D eigenvalue weighted by Gasteiger charge is 2.30. The van der Waals surface area contributed by atoms with Gasteiger partial charge in [0, 0.05) is 12.5 Å². The Balaban J connectivity index is 4.15. The number of carbonyl (C=O) groups excluding carboxylic acids is 2. The van der Waals surface area contributed by atoms with E-state index in [2.05, 4.69) is 17.6 Å². The van der Waals surface area contributed by atoms with Crippen LogP contribution in [0.1, 0.15) is 99.3 Å². The van der Waals surface area contributed by atoms with Crippen molar-refractivity contribution in [3.8, 4) is 0 Å². The summed E-state index contributed by atoms with van der Waals surface area (Å²) < 4.78 is 0. The molecule has 0 heterocycles. The summed E-state index contributed by atoms with van der Waals surface area (Å²) in [6, 6.07) is 0.0140.